The molecule has 0 bridgehead atoms. The number of rotatable bonds is 12. The van der Waals surface area contributed by atoms with Crippen molar-refractivity contribution in [2.24, 2.45) is 0 Å². The fraction of sp³-hybridized carbons (Fsp3) is 0.188. The molecule has 0 radical (unpaired) electrons. The maximum absolute atomic E-state index is 14.3. The molecule has 0 heterocycles. The smallest absolute Gasteiger partial charge is 0.264 e. The summed E-state index contributed by atoms with van der Waals surface area (Å²) in [7, 11) is -1.33. The van der Waals surface area contributed by atoms with Crippen LogP contribution in [0.5, 0.6) is 5.75 Å². The first-order chi connectivity index (χ1) is 21.0. The van der Waals surface area contributed by atoms with Crippen LogP contribution in [-0.2, 0) is 32.6 Å². The van der Waals surface area contributed by atoms with E-state index in [4.69, 9.17) is 39.5 Å². The van der Waals surface area contributed by atoms with Crippen LogP contribution in [0.1, 0.15) is 11.1 Å². The zero-order valence-electron chi connectivity index (χ0n) is 23.9. The number of ether oxygens (including phenoxy) is 1. The Kier molecular flexibility index (Phi) is 11.2. The lowest BCUT2D eigenvalue weighted by Crippen LogP contribution is -2.53. The molecule has 4 aromatic carbocycles. The quantitative estimate of drug-likeness (QED) is 0.192. The van der Waals surface area contributed by atoms with Crippen LogP contribution in [-0.4, -0.2) is 51.9 Å². The van der Waals surface area contributed by atoms with Crippen molar-refractivity contribution in [3.8, 4) is 5.75 Å². The largest absolute Gasteiger partial charge is 0.497 e. The van der Waals surface area contributed by atoms with E-state index >= 15 is 0 Å². The van der Waals surface area contributed by atoms with Crippen LogP contribution in [0.2, 0.25) is 15.1 Å². The number of likely N-dealkylation sites (N-methyl/N-ethyl adjacent to an activating group) is 1. The molecule has 2 amide bonds. The number of benzene rings is 4. The van der Waals surface area contributed by atoms with E-state index in [0.717, 1.165) is 9.87 Å². The SMILES string of the molecule is CNC(=O)[C@H](Cc1ccccc1)N(Cc1ccc(Cl)c(Cl)c1)C(=O)CN(c1cccc(Cl)c1)S(=O)(=O)c1ccc(OC)cc1. The highest BCUT2D eigenvalue weighted by Crippen LogP contribution is 2.29. The Bertz CT molecular complexity index is 1720. The van der Waals surface area contributed by atoms with Crippen LogP contribution in [0.15, 0.2) is 102 Å². The normalized spacial score (nSPS) is 11.8. The molecular weight excluding hydrogens is 645 g/mol. The van der Waals surface area contributed by atoms with Gasteiger partial charge in [-0.15, -0.1) is 0 Å². The number of carbonyl (C=O) groups excluding carboxylic acids is 2. The molecule has 0 saturated heterocycles. The number of amides is 2. The molecule has 4 aromatic rings. The summed E-state index contributed by atoms with van der Waals surface area (Å²) in [4.78, 5) is 29.0. The first kappa shape index (κ1) is 33.1. The lowest BCUT2D eigenvalue weighted by molar-refractivity contribution is -0.139. The van der Waals surface area contributed by atoms with Gasteiger partial charge in [0.2, 0.25) is 11.8 Å². The Hall–Kier alpha value is -3.76. The van der Waals surface area contributed by atoms with Gasteiger partial charge in [-0.1, -0.05) is 77.3 Å². The highest BCUT2D eigenvalue weighted by molar-refractivity contribution is 7.92. The predicted molar refractivity (Wildman–Crippen MR) is 174 cm³/mol. The minimum absolute atomic E-state index is 0.0490. The molecule has 1 N–H and O–H groups in total. The van der Waals surface area contributed by atoms with Gasteiger partial charge in [0.25, 0.3) is 10.0 Å². The highest BCUT2D eigenvalue weighted by atomic mass is 35.5. The molecule has 8 nitrogen and oxygen atoms in total. The first-order valence-corrected chi connectivity index (χ1v) is 16.0. The number of nitrogens with one attached hydrogen (secondary N) is 1. The van der Waals surface area contributed by atoms with E-state index in [2.05, 4.69) is 5.32 Å². The second-order valence-corrected chi connectivity index (χ2v) is 12.9. The minimum Gasteiger partial charge on any atom is -0.497 e. The van der Waals surface area contributed by atoms with Crippen LogP contribution in [0, 0.1) is 0 Å². The summed E-state index contributed by atoms with van der Waals surface area (Å²) in [6.07, 6.45) is 0.177. The maximum Gasteiger partial charge on any atom is 0.264 e. The van der Waals surface area contributed by atoms with Crippen LogP contribution < -0.4 is 14.4 Å². The fourth-order valence-electron chi connectivity index (χ4n) is 4.59. The summed E-state index contributed by atoms with van der Waals surface area (Å²) in [5.41, 5.74) is 1.59. The van der Waals surface area contributed by atoms with Gasteiger partial charge in [-0.3, -0.25) is 13.9 Å². The van der Waals surface area contributed by atoms with Crippen molar-refractivity contribution in [3.63, 3.8) is 0 Å². The fourth-order valence-corrected chi connectivity index (χ4v) is 6.50. The van der Waals surface area contributed by atoms with Gasteiger partial charge in [0, 0.05) is 25.0 Å². The molecular formula is C32H30Cl3N3O5S. The topological polar surface area (TPSA) is 96.0 Å². The molecule has 0 unspecified atom stereocenters. The summed E-state index contributed by atoms with van der Waals surface area (Å²) < 4.78 is 34.3. The Morgan fingerprint density at radius 3 is 2.16 bits per heavy atom. The zero-order valence-corrected chi connectivity index (χ0v) is 27.0. The van der Waals surface area contributed by atoms with Crippen molar-refractivity contribution in [3.05, 3.63) is 123 Å². The average molecular weight is 675 g/mol. The van der Waals surface area contributed by atoms with E-state index in [9.17, 15) is 18.0 Å². The Labute approximate surface area is 272 Å². The van der Waals surface area contributed by atoms with E-state index in [0.29, 0.717) is 16.3 Å². The van der Waals surface area contributed by atoms with Gasteiger partial charge in [-0.05, 0) is 65.7 Å². The lowest BCUT2D eigenvalue weighted by Gasteiger charge is -2.33. The number of nitrogens with zero attached hydrogens (tertiary/aromatic N) is 2. The Morgan fingerprint density at radius 2 is 1.55 bits per heavy atom. The van der Waals surface area contributed by atoms with Gasteiger partial charge in [0.15, 0.2) is 0 Å². The number of sulfonamides is 1. The minimum atomic E-state index is -4.29. The number of halogens is 3. The number of carbonyl (C=O) groups is 2. The van der Waals surface area contributed by atoms with Gasteiger partial charge < -0.3 is 15.0 Å². The van der Waals surface area contributed by atoms with Crippen molar-refractivity contribution < 1.29 is 22.7 Å². The van der Waals surface area contributed by atoms with Gasteiger partial charge >= 0.3 is 0 Å². The van der Waals surface area contributed by atoms with Crippen LogP contribution in [0.25, 0.3) is 0 Å². The van der Waals surface area contributed by atoms with E-state index < -0.39 is 34.4 Å². The summed E-state index contributed by atoms with van der Waals surface area (Å²) in [5, 5.41) is 3.54. The lowest BCUT2D eigenvalue weighted by atomic mass is 10.0. The number of hydrogen-bond donors (Lipinski definition) is 1. The maximum atomic E-state index is 14.3. The van der Waals surface area contributed by atoms with Crippen molar-refractivity contribution in [2.45, 2.75) is 23.9 Å². The monoisotopic (exact) mass is 673 g/mol. The van der Waals surface area contributed by atoms with Crippen LogP contribution in [0.4, 0.5) is 5.69 Å². The molecule has 0 aliphatic carbocycles. The third-order valence-corrected chi connectivity index (χ3v) is 9.64. The molecule has 0 fully saturated rings. The molecule has 4 rings (SSSR count). The second kappa shape index (κ2) is 14.8. The molecule has 1 atom stereocenters. The molecule has 0 aromatic heterocycles. The third kappa shape index (κ3) is 8.04. The van der Waals surface area contributed by atoms with E-state index in [1.54, 1.807) is 36.4 Å². The van der Waals surface area contributed by atoms with E-state index in [1.807, 2.05) is 30.3 Å². The van der Waals surface area contributed by atoms with E-state index in [-0.39, 0.29) is 33.6 Å². The molecule has 230 valence electrons. The zero-order chi connectivity index (χ0) is 31.9. The molecule has 12 heteroatoms. The molecule has 44 heavy (non-hydrogen) atoms. The molecule has 0 spiro atoms. The number of hydrogen-bond acceptors (Lipinski definition) is 5. The Balaban J connectivity index is 1.80. The van der Waals surface area contributed by atoms with Gasteiger partial charge in [-0.2, -0.15) is 0 Å². The van der Waals surface area contributed by atoms with Crippen LogP contribution >= 0.6 is 34.8 Å². The number of anilines is 1. The second-order valence-electron chi connectivity index (χ2n) is 9.76. The number of methoxy groups -OCH3 is 1. The predicted octanol–water partition coefficient (Wildman–Crippen LogP) is 6.24. The summed E-state index contributed by atoms with van der Waals surface area (Å²) in [6.45, 7) is -0.676. The summed E-state index contributed by atoms with van der Waals surface area (Å²) in [5.74, 6) is -0.580. The molecule has 0 aliphatic rings. The Morgan fingerprint density at radius 1 is 0.841 bits per heavy atom. The van der Waals surface area contributed by atoms with Gasteiger partial charge in [-0.25, -0.2) is 8.42 Å². The van der Waals surface area contributed by atoms with Crippen LogP contribution in [0.3, 0.4) is 0 Å². The highest BCUT2D eigenvalue weighted by Gasteiger charge is 2.34. The average Bonchev–Trinajstić information content (AvgIpc) is 3.03. The summed E-state index contributed by atoms with van der Waals surface area (Å²) in [6, 6.07) is 25.2. The van der Waals surface area contributed by atoms with E-state index in [1.165, 1.54) is 49.4 Å². The summed E-state index contributed by atoms with van der Waals surface area (Å²) >= 11 is 18.7. The molecule has 0 aliphatic heterocycles. The van der Waals surface area contributed by atoms with Crippen molar-refractivity contribution in [1.29, 1.82) is 0 Å². The van der Waals surface area contributed by atoms with Gasteiger partial charge in [0.1, 0.15) is 18.3 Å². The molecule has 0 saturated carbocycles. The third-order valence-electron chi connectivity index (χ3n) is 6.88. The standard InChI is InChI=1S/C32H30Cl3N3O5S/c1-36-32(40)30(18-22-7-4-3-5-8-22)37(20-23-11-16-28(34)29(35)17-23)31(39)21-38(25-10-6-9-24(33)19-25)44(41,42)27-14-12-26(43-2)13-15-27/h3-17,19,30H,18,20-21H2,1-2H3,(H,36,40)/t30-/m0/s1. The van der Waals surface area contributed by atoms with Crippen molar-refractivity contribution in [2.75, 3.05) is 25.0 Å². The van der Waals surface area contributed by atoms with Crippen molar-refractivity contribution >= 4 is 62.3 Å². The van der Waals surface area contributed by atoms with Gasteiger partial charge in [0.05, 0.1) is 27.7 Å². The van der Waals surface area contributed by atoms with Crippen molar-refractivity contribution in [1.82, 2.24) is 10.2 Å². The first-order valence-electron chi connectivity index (χ1n) is 13.4.